The van der Waals surface area contributed by atoms with Gasteiger partial charge in [-0.05, 0) is 135 Å². The van der Waals surface area contributed by atoms with Gasteiger partial charge >= 0.3 is 0 Å². The van der Waals surface area contributed by atoms with Gasteiger partial charge < -0.3 is 0 Å². The van der Waals surface area contributed by atoms with E-state index in [0.29, 0.717) is 23.0 Å². The van der Waals surface area contributed by atoms with Gasteiger partial charge in [0.15, 0.2) is 17.5 Å². The second-order valence-corrected chi connectivity index (χ2v) is 16.9. The van der Waals surface area contributed by atoms with Crippen LogP contribution in [0, 0.1) is 29.1 Å². The molecule has 0 spiro atoms. The summed E-state index contributed by atoms with van der Waals surface area (Å²) in [4.78, 5) is 15.8. The van der Waals surface area contributed by atoms with Gasteiger partial charge in [0.25, 0.3) is 0 Å². The highest BCUT2D eigenvalue weighted by Gasteiger charge is 2.45. The summed E-state index contributed by atoms with van der Waals surface area (Å²) in [7, 11) is 0. The summed E-state index contributed by atoms with van der Waals surface area (Å²) < 4.78 is 0. The van der Waals surface area contributed by atoms with Gasteiger partial charge in [0.2, 0.25) is 0 Å². The maximum absolute atomic E-state index is 9.85. The molecule has 0 aliphatic heterocycles. The van der Waals surface area contributed by atoms with Crippen molar-refractivity contribution in [3.05, 3.63) is 163 Å². The Hall–Kier alpha value is -6.44. The summed E-state index contributed by atoms with van der Waals surface area (Å²) in [5, 5.41) is 14.3. The number of aromatic nitrogens is 3. The summed E-state index contributed by atoms with van der Waals surface area (Å²) in [6, 6.07) is 55.7. The van der Waals surface area contributed by atoms with E-state index in [1.807, 2.05) is 18.2 Å². The Bertz CT molecular complexity index is 2720. The van der Waals surface area contributed by atoms with Crippen LogP contribution in [0.5, 0.6) is 0 Å². The molecule has 2 saturated carbocycles. The van der Waals surface area contributed by atoms with E-state index in [1.54, 1.807) is 0 Å². The van der Waals surface area contributed by atoms with E-state index >= 15 is 0 Å². The molecule has 7 aromatic carbocycles. The maximum atomic E-state index is 9.85. The molecule has 10 rings (SSSR count). The van der Waals surface area contributed by atoms with E-state index in [9.17, 15) is 5.26 Å². The van der Waals surface area contributed by atoms with Crippen LogP contribution in [-0.2, 0) is 5.41 Å². The van der Waals surface area contributed by atoms with Gasteiger partial charge in [-0.3, -0.25) is 0 Å². The van der Waals surface area contributed by atoms with Gasteiger partial charge in [0.05, 0.1) is 11.6 Å². The maximum Gasteiger partial charge on any atom is 0.164 e. The normalized spacial score (nSPS) is 20.3. The fourth-order valence-electron chi connectivity index (χ4n) is 10.5. The zero-order valence-corrected chi connectivity index (χ0v) is 32.5. The van der Waals surface area contributed by atoms with Crippen molar-refractivity contribution in [1.29, 1.82) is 5.26 Å². The molecule has 57 heavy (non-hydrogen) atoms. The van der Waals surface area contributed by atoms with Gasteiger partial charge in [-0.1, -0.05) is 135 Å². The molecule has 1 aromatic heterocycles. The van der Waals surface area contributed by atoms with Crippen LogP contribution in [0.25, 0.3) is 78.0 Å². The number of hydrogen-bond donors (Lipinski definition) is 0. The lowest BCUT2D eigenvalue weighted by molar-refractivity contribution is 0.0780. The molecular weight excluding hydrogens is 693 g/mol. The van der Waals surface area contributed by atoms with Crippen molar-refractivity contribution in [2.75, 3.05) is 0 Å². The highest BCUT2D eigenvalue weighted by atomic mass is 15.0. The van der Waals surface area contributed by atoms with Crippen molar-refractivity contribution in [1.82, 2.24) is 15.0 Å². The van der Waals surface area contributed by atoms with Crippen LogP contribution in [-0.4, -0.2) is 15.0 Å². The Morgan fingerprint density at radius 1 is 0.491 bits per heavy atom. The van der Waals surface area contributed by atoms with Gasteiger partial charge in [-0.15, -0.1) is 0 Å². The Kier molecular flexibility index (Phi) is 8.75. The predicted molar refractivity (Wildman–Crippen MR) is 233 cm³/mol. The lowest BCUT2D eigenvalue weighted by Crippen LogP contribution is -2.42. The lowest BCUT2D eigenvalue weighted by atomic mass is 9.54. The van der Waals surface area contributed by atoms with E-state index in [2.05, 4.69) is 153 Å². The molecule has 2 aliphatic carbocycles. The van der Waals surface area contributed by atoms with Gasteiger partial charge in [0, 0.05) is 16.7 Å². The molecule has 2 bridgehead atoms. The van der Waals surface area contributed by atoms with Crippen LogP contribution in [0.2, 0.25) is 0 Å². The number of rotatable bonds is 6. The topological polar surface area (TPSA) is 62.5 Å². The zero-order chi connectivity index (χ0) is 38.5. The molecule has 2 aliphatic rings. The molecule has 0 saturated heterocycles. The Morgan fingerprint density at radius 3 is 1.63 bits per heavy atom. The molecule has 0 amide bonds. The second-order valence-electron chi connectivity index (χ2n) is 16.9. The molecule has 2 fully saturated rings. The first-order chi connectivity index (χ1) is 27.9. The molecule has 4 atom stereocenters. The highest BCUT2D eigenvalue weighted by molar-refractivity contribution is 5.97. The SMILES string of the molecule is C[C@@H]1C[C@@H]2C[C@H](C)CC(c3ccc(-c4cc(-c5cccc(C#N)c5)cc(-c5nc(-c6cccc7ccccc67)nc(-c6cccc7ccccc67)n5)c4)cc3)(C1)C2. The van der Waals surface area contributed by atoms with Gasteiger partial charge in [0.1, 0.15) is 0 Å². The Morgan fingerprint density at radius 2 is 1.02 bits per heavy atom. The largest absolute Gasteiger partial charge is 0.208 e. The zero-order valence-electron chi connectivity index (χ0n) is 32.5. The summed E-state index contributed by atoms with van der Waals surface area (Å²) >= 11 is 0. The molecule has 4 heteroatoms. The molecule has 4 nitrogen and oxygen atoms in total. The summed E-state index contributed by atoms with van der Waals surface area (Å²) in [5.74, 6) is 4.21. The van der Waals surface area contributed by atoms with Gasteiger partial charge in [-0.25, -0.2) is 15.0 Å². The molecule has 1 heterocycles. The highest BCUT2D eigenvalue weighted by Crippen LogP contribution is 2.54. The minimum Gasteiger partial charge on any atom is -0.208 e. The first-order valence-corrected chi connectivity index (χ1v) is 20.4. The van der Waals surface area contributed by atoms with Crippen LogP contribution in [0.3, 0.4) is 0 Å². The first kappa shape index (κ1) is 35.0. The van der Waals surface area contributed by atoms with Crippen molar-refractivity contribution in [3.63, 3.8) is 0 Å². The third kappa shape index (κ3) is 6.58. The average molecular weight is 737 g/mol. The number of hydrogen-bond acceptors (Lipinski definition) is 4. The summed E-state index contributed by atoms with van der Waals surface area (Å²) in [6.07, 6.45) is 6.61. The monoisotopic (exact) mass is 736 g/mol. The van der Waals surface area contributed by atoms with Crippen molar-refractivity contribution >= 4 is 21.5 Å². The molecule has 0 N–H and O–H groups in total. The van der Waals surface area contributed by atoms with E-state index < -0.39 is 0 Å². The molecule has 1 unspecified atom stereocenters. The van der Waals surface area contributed by atoms with Crippen LogP contribution in [0.15, 0.2) is 152 Å². The summed E-state index contributed by atoms with van der Waals surface area (Å²) in [6.45, 7) is 4.91. The molecule has 276 valence electrons. The van der Waals surface area contributed by atoms with E-state index in [4.69, 9.17) is 15.0 Å². The number of nitriles is 1. The number of fused-ring (bicyclic) bond motifs is 4. The van der Waals surface area contributed by atoms with E-state index in [-0.39, 0.29) is 5.41 Å². The predicted octanol–water partition coefficient (Wildman–Crippen LogP) is 13.5. The quantitative estimate of drug-likeness (QED) is 0.170. The second kappa shape index (κ2) is 14.3. The minimum atomic E-state index is 0.268. The molecular formula is C53H44N4. The minimum absolute atomic E-state index is 0.268. The third-order valence-corrected chi connectivity index (χ3v) is 12.7. The lowest BCUT2D eigenvalue weighted by Gasteiger charge is -2.50. The van der Waals surface area contributed by atoms with Gasteiger partial charge in [-0.2, -0.15) is 5.26 Å². The molecule has 8 aromatic rings. The standard InChI is InChI=1S/C53H44N4/c1-34-24-37-25-35(2)31-53(30-34,32-37)45-22-20-38(21-23-45)42-27-43(41-15-7-10-36(26-41)33-54)29-44(28-42)50-55-51(48-18-8-13-39-11-3-5-16-46(39)48)57-52(56-50)49-19-9-14-40-12-4-6-17-47(40)49/h3-23,26-29,34-35,37H,24-25,30-32H2,1-2H3/t34-,35+,37-,53?. The van der Waals surface area contributed by atoms with E-state index in [1.165, 1.54) is 37.7 Å². The van der Waals surface area contributed by atoms with Crippen LogP contribution < -0.4 is 0 Å². The van der Waals surface area contributed by atoms with Crippen LogP contribution in [0.4, 0.5) is 0 Å². The fraction of sp³-hybridized carbons (Fsp3) is 0.208. The van der Waals surface area contributed by atoms with Crippen molar-refractivity contribution in [2.45, 2.75) is 51.4 Å². The first-order valence-electron chi connectivity index (χ1n) is 20.4. The summed E-state index contributed by atoms with van der Waals surface area (Å²) in [5.41, 5.74) is 9.41. The van der Waals surface area contributed by atoms with E-state index in [0.717, 1.165) is 78.2 Å². The Labute approximate surface area is 334 Å². The van der Waals surface area contributed by atoms with Crippen molar-refractivity contribution in [3.8, 4) is 62.5 Å². The number of nitrogens with zero attached hydrogens (tertiary/aromatic N) is 4. The fourth-order valence-corrected chi connectivity index (χ4v) is 10.5. The average Bonchev–Trinajstić information content (AvgIpc) is 3.25. The number of benzene rings is 7. The molecule has 0 radical (unpaired) electrons. The van der Waals surface area contributed by atoms with Crippen LogP contribution >= 0.6 is 0 Å². The van der Waals surface area contributed by atoms with Crippen molar-refractivity contribution < 1.29 is 0 Å². The smallest absolute Gasteiger partial charge is 0.164 e. The van der Waals surface area contributed by atoms with Crippen molar-refractivity contribution in [2.24, 2.45) is 17.8 Å². The third-order valence-electron chi connectivity index (χ3n) is 12.7. The van der Waals surface area contributed by atoms with Crippen LogP contribution in [0.1, 0.15) is 57.1 Å². The Balaban J connectivity index is 1.16.